The lowest BCUT2D eigenvalue weighted by molar-refractivity contribution is -0.0246. The molecule has 2 aromatic heterocycles. The van der Waals surface area contributed by atoms with Crippen molar-refractivity contribution in [3.8, 4) is 11.4 Å². The van der Waals surface area contributed by atoms with Gasteiger partial charge in [0.1, 0.15) is 6.04 Å². The molecular formula is C16H18N6O2. The van der Waals surface area contributed by atoms with E-state index in [-0.39, 0.29) is 6.04 Å². The Kier molecular flexibility index (Phi) is 4.06. The monoisotopic (exact) mass is 326 g/mol. The first-order chi connectivity index (χ1) is 11.8. The summed E-state index contributed by atoms with van der Waals surface area (Å²) >= 11 is 0. The molecule has 0 N–H and O–H groups in total. The number of morpholine rings is 1. The highest BCUT2D eigenvalue weighted by molar-refractivity contribution is 5.53. The molecule has 0 spiro atoms. The molecule has 1 atom stereocenters. The SMILES string of the molecule is Cn1ncc(CN2CCOCC2c2nc(-c3ccccc3)no2)n1. The third-order valence-electron chi connectivity index (χ3n) is 4.01. The predicted molar refractivity (Wildman–Crippen MR) is 84.7 cm³/mol. The molecule has 3 aromatic rings. The number of aromatic nitrogens is 5. The number of ether oxygens (including phenoxy) is 1. The highest BCUT2D eigenvalue weighted by atomic mass is 16.5. The summed E-state index contributed by atoms with van der Waals surface area (Å²) in [6.45, 7) is 2.66. The number of rotatable bonds is 4. The molecule has 0 radical (unpaired) electrons. The van der Waals surface area contributed by atoms with E-state index in [0.717, 1.165) is 17.8 Å². The second-order valence-electron chi connectivity index (χ2n) is 5.71. The van der Waals surface area contributed by atoms with Gasteiger partial charge in [-0.05, 0) is 0 Å². The topological polar surface area (TPSA) is 82.1 Å². The Labute approximate surface area is 139 Å². The van der Waals surface area contributed by atoms with Gasteiger partial charge in [-0.25, -0.2) is 0 Å². The van der Waals surface area contributed by atoms with Gasteiger partial charge in [0.25, 0.3) is 0 Å². The second-order valence-corrected chi connectivity index (χ2v) is 5.71. The van der Waals surface area contributed by atoms with Crippen LogP contribution in [0.25, 0.3) is 11.4 Å². The first-order valence-electron chi connectivity index (χ1n) is 7.85. The van der Waals surface area contributed by atoms with Crippen LogP contribution >= 0.6 is 0 Å². The van der Waals surface area contributed by atoms with Crippen molar-refractivity contribution in [3.63, 3.8) is 0 Å². The van der Waals surface area contributed by atoms with Gasteiger partial charge in [0, 0.05) is 25.7 Å². The zero-order chi connectivity index (χ0) is 16.4. The van der Waals surface area contributed by atoms with Crippen molar-refractivity contribution in [1.29, 1.82) is 0 Å². The van der Waals surface area contributed by atoms with Crippen LogP contribution in [-0.2, 0) is 18.3 Å². The van der Waals surface area contributed by atoms with E-state index in [2.05, 4.69) is 25.2 Å². The van der Waals surface area contributed by atoms with Crippen molar-refractivity contribution < 1.29 is 9.26 Å². The van der Waals surface area contributed by atoms with Crippen LogP contribution in [0.5, 0.6) is 0 Å². The Morgan fingerprint density at radius 1 is 1.25 bits per heavy atom. The highest BCUT2D eigenvalue weighted by Gasteiger charge is 2.30. The first kappa shape index (κ1) is 15.0. The second kappa shape index (κ2) is 6.50. The molecule has 4 rings (SSSR count). The molecule has 0 saturated carbocycles. The molecule has 3 heterocycles. The molecule has 0 aliphatic carbocycles. The Balaban J connectivity index is 1.55. The van der Waals surface area contributed by atoms with Crippen LogP contribution in [0.2, 0.25) is 0 Å². The van der Waals surface area contributed by atoms with E-state index in [9.17, 15) is 0 Å². The lowest BCUT2D eigenvalue weighted by Crippen LogP contribution is -2.39. The maximum absolute atomic E-state index is 5.61. The van der Waals surface area contributed by atoms with Crippen molar-refractivity contribution in [3.05, 3.63) is 48.1 Å². The maximum atomic E-state index is 5.61. The van der Waals surface area contributed by atoms with E-state index in [0.29, 0.717) is 31.5 Å². The zero-order valence-corrected chi connectivity index (χ0v) is 13.4. The van der Waals surface area contributed by atoms with Crippen molar-refractivity contribution in [1.82, 2.24) is 30.0 Å². The van der Waals surface area contributed by atoms with Gasteiger partial charge in [0.15, 0.2) is 0 Å². The highest BCUT2D eigenvalue weighted by Crippen LogP contribution is 2.26. The van der Waals surface area contributed by atoms with Crippen molar-refractivity contribution >= 4 is 0 Å². The van der Waals surface area contributed by atoms with Crippen LogP contribution in [0.4, 0.5) is 0 Å². The Morgan fingerprint density at radius 2 is 2.12 bits per heavy atom. The summed E-state index contributed by atoms with van der Waals surface area (Å²) < 4.78 is 11.1. The lowest BCUT2D eigenvalue weighted by Gasteiger charge is -2.32. The fraction of sp³-hybridized carbons (Fsp3) is 0.375. The van der Waals surface area contributed by atoms with Crippen molar-refractivity contribution in [2.75, 3.05) is 19.8 Å². The summed E-state index contributed by atoms with van der Waals surface area (Å²) in [6, 6.07) is 9.71. The number of hydrogen-bond acceptors (Lipinski definition) is 7. The van der Waals surface area contributed by atoms with Gasteiger partial charge >= 0.3 is 0 Å². The van der Waals surface area contributed by atoms with Gasteiger partial charge in [-0.2, -0.15) is 20.0 Å². The normalized spacial score (nSPS) is 18.8. The summed E-state index contributed by atoms with van der Waals surface area (Å²) in [4.78, 5) is 8.35. The van der Waals surface area contributed by atoms with E-state index >= 15 is 0 Å². The van der Waals surface area contributed by atoms with Gasteiger partial charge in [-0.15, -0.1) is 0 Å². The van der Waals surface area contributed by atoms with Crippen molar-refractivity contribution in [2.45, 2.75) is 12.6 Å². The predicted octanol–water partition coefficient (Wildman–Crippen LogP) is 1.44. The third kappa shape index (κ3) is 3.06. The van der Waals surface area contributed by atoms with Crippen LogP contribution in [0, 0.1) is 0 Å². The van der Waals surface area contributed by atoms with E-state index in [1.165, 1.54) is 0 Å². The molecule has 1 aliphatic rings. The smallest absolute Gasteiger partial charge is 0.246 e. The van der Waals surface area contributed by atoms with Crippen molar-refractivity contribution in [2.24, 2.45) is 7.05 Å². The zero-order valence-electron chi connectivity index (χ0n) is 13.4. The number of benzene rings is 1. The molecule has 1 aromatic carbocycles. The standard InChI is InChI=1S/C16H18N6O2/c1-21-17-9-13(19-21)10-22-7-8-23-11-14(22)16-18-15(20-24-16)12-5-3-2-4-6-12/h2-6,9,14H,7-8,10-11H2,1H3. The molecule has 1 saturated heterocycles. The minimum absolute atomic E-state index is 0.0780. The molecule has 24 heavy (non-hydrogen) atoms. The lowest BCUT2D eigenvalue weighted by atomic mass is 10.2. The fourth-order valence-electron chi connectivity index (χ4n) is 2.80. The average Bonchev–Trinajstić information content (AvgIpc) is 3.26. The van der Waals surface area contributed by atoms with Crippen LogP contribution in [-0.4, -0.2) is 49.8 Å². The van der Waals surface area contributed by atoms with Gasteiger partial charge < -0.3 is 9.26 Å². The summed E-state index contributed by atoms with van der Waals surface area (Å²) in [5, 5.41) is 12.6. The fourth-order valence-corrected chi connectivity index (χ4v) is 2.80. The van der Waals surface area contributed by atoms with Gasteiger partial charge in [-0.1, -0.05) is 35.5 Å². The summed E-state index contributed by atoms with van der Waals surface area (Å²) in [5.74, 6) is 1.16. The van der Waals surface area contributed by atoms with Gasteiger partial charge in [0.2, 0.25) is 11.7 Å². The van der Waals surface area contributed by atoms with E-state index in [1.807, 2.05) is 37.4 Å². The molecule has 1 unspecified atom stereocenters. The number of hydrogen-bond donors (Lipinski definition) is 0. The van der Waals surface area contributed by atoms with Gasteiger partial charge in [0.05, 0.1) is 25.1 Å². The molecule has 8 nitrogen and oxygen atoms in total. The summed E-state index contributed by atoms with van der Waals surface area (Å²) in [6.07, 6.45) is 1.77. The van der Waals surface area contributed by atoms with E-state index < -0.39 is 0 Å². The molecule has 124 valence electrons. The van der Waals surface area contributed by atoms with E-state index in [4.69, 9.17) is 9.26 Å². The summed E-state index contributed by atoms with van der Waals surface area (Å²) in [7, 11) is 1.81. The Bertz CT molecular complexity index is 800. The van der Waals surface area contributed by atoms with E-state index in [1.54, 1.807) is 11.0 Å². The molecule has 8 heteroatoms. The Morgan fingerprint density at radius 3 is 2.92 bits per heavy atom. The largest absolute Gasteiger partial charge is 0.378 e. The third-order valence-corrected chi connectivity index (χ3v) is 4.01. The summed E-state index contributed by atoms with van der Waals surface area (Å²) in [5.41, 5.74) is 1.84. The van der Waals surface area contributed by atoms with Crippen LogP contribution in [0.3, 0.4) is 0 Å². The number of nitrogens with zero attached hydrogens (tertiary/aromatic N) is 6. The molecular weight excluding hydrogens is 308 g/mol. The minimum Gasteiger partial charge on any atom is -0.378 e. The molecule has 1 fully saturated rings. The first-order valence-corrected chi connectivity index (χ1v) is 7.85. The molecule has 1 aliphatic heterocycles. The van der Waals surface area contributed by atoms with Crippen LogP contribution < -0.4 is 0 Å². The maximum Gasteiger partial charge on any atom is 0.246 e. The average molecular weight is 326 g/mol. The molecule has 0 bridgehead atoms. The minimum atomic E-state index is -0.0780. The van der Waals surface area contributed by atoms with Crippen LogP contribution in [0.15, 0.2) is 41.1 Å². The number of aryl methyl sites for hydroxylation is 1. The van der Waals surface area contributed by atoms with Crippen LogP contribution in [0.1, 0.15) is 17.6 Å². The van der Waals surface area contributed by atoms with Gasteiger partial charge in [-0.3, -0.25) is 4.90 Å². The quantitative estimate of drug-likeness (QED) is 0.717. The molecule has 0 amide bonds. The Hall–Kier alpha value is -2.58.